The van der Waals surface area contributed by atoms with Crippen LogP contribution in [0.15, 0.2) is 18.2 Å². The van der Waals surface area contributed by atoms with Gasteiger partial charge in [-0.2, -0.15) is 11.8 Å². The zero-order valence-electron chi connectivity index (χ0n) is 8.02. The first-order chi connectivity index (χ1) is 6.75. The van der Waals surface area contributed by atoms with E-state index in [1.165, 1.54) is 18.2 Å². The second kappa shape index (κ2) is 5.98. The minimum atomic E-state index is -0.485. The van der Waals surface area contributed by atoms with Crippen LogP contribution in [-0.2, 0) is 6.54 Å². The normalized spacial score (nSPS) is 10.5. The zero-order chi connectivity index (χ0) is 10.4. The Balaban J connectivity index is 2.49. The summed E-state index contributed by atoms with van der Waals surface area (Å²) in [5.74, 6) is -0.0286. The molecule has 1 aromatic carbocycles. The molecule has 0 unspecified atom stereocenters. The minimum absolute atomic E-state index is 0.119. The third kappa shape index (κ3) is 3.27. The number of hydrogen-bond acceptors (Lipinski definition) is 2. The maximum absolute atomic E-state index is 13.1. The van der Waals surface area contributed by atoms with Crippen molar-refractivity contribution in [2.24, 2.45) is 0 Å². The van der Waals surface area contributed by atoms with E-state index < -0.39 is 11.6 Å². The van der Waals surface area contributed by atoms with E-state index in [9.17, 15) is 8.78 Å². The highest BCUT2D eigenvalue weighted by atomic mass is 32.2. The van der Waals surface area contributed by atoms with Crippen LogP contribution in [0.25, 0.3) is 0 Å². The maximum Gasteiger partial charge on any atom is 0.130 e. The van der Waals surface area contributed by atoms with Gasteiger partial charge < -0.3 is 5.32 Å². The van der Waals surface area contributed by atoms with E-state index in [0.717, 1.165) is 12.3 Å². The molecule has 0 saturated carbocycles. The molecule has 0 saturated heterocycles. The third-order valence-corrected chi connectivity index (χ3v) is 2.46. The van der Waals surface area contributed by atoms with Gasteiger partial charge in [-0.15, -0.1) is 0 Å². The average Bonchev–Trinajstić information content (AvgIpc) is 2.16. The van der Waals surface area contributed by atoms with Gasteiger partial charge in [-0.3, -0.25) is 0 Å². The molecule has 0 aliphatic heterocycles. The van der Waals surface area contributed by atoms with E-state index in [4.69, 9.17) is 0 Å². The monoisotopic (exact) mass is 217 g/mol. The van der Waals surface area contributed by atoms with Crippen molar-refractivity contribution in [3.63, 3.8) is 0 Å². The van der Waals surface area contributed by atoms with E-state index in [1.807, 2.05) is 6.26 Å². The Morgan fingerprint density at radius 1 is 1.29 bits per heavy atom. The first-order valence-corrected chi connectivity index (χ1v) is 5.77. The van der Waals surface area contributed by atoms with Crippen LogP contribution < -0.4 is 5.32 Å². The van der Waals surface area contributed by atoms with E-state index in [0.29, 0.717) is 0 Å². The highest BCUT2D eigenvalue weighted by molar-refractivity contribution is 7.98. The first kappa shape index (κ1) is 11.5. The highest BCUT2D eigenvalue weighted by Gasteiger charge is 2.06. The lowest BCUT2D eigenvalue weighted by Gasteiger charge is -2.05. The zero-order valence-corrected chi connectivity index (χ0v) is 8.83. The molecule has 4 heteroatoms. The predicted molar refractivity (Wildman–Crippen MR) is 56.4 cm³/mol. The van der Waals surface area contributed by atoms with E-state index in [2.05, 4.69) is 5.32 Å². The molecule has 0 amide bonds. The van der Waals surface area contributed by atoms with E-state index >= 15 is 0 Å². The number of benzene rings is 1. The highest BCUT2D eigenvalue weighted by Crippen LogP contribution is 2.11. The van der Waals surface area contributed by atoms with Gasteiger partial charge in [-0.05, 0) is 18.4 Å². The Hall–Kier alpha value is -0.610. The topological polar surface area (TPSA) is 12.0 Å². The van der Waals surface area contributed by atoms with Crippen molar-refractivity contribution in [2.75, 3.05) is 18.6 Å². The van der Waals surface area contributed by atoms with Gasteiger partial charge in [-0.1, -0.05) is 6.07 Å². The summed E-state index contributed by atoms with van der Waals surface area (Å²) in [5, 5.41) is 2.98. The summed E-state index contributed by atoms with van der Waals surface area (Å²) in [4.78, 5) is 0. The SMILES string of the molecule is CSCCNCc1c(F)cccc1F. The summed E-state index contributed by atoms with van der Waals surface area (Å²) in [6.45, 7) is 1.01. The number of nitrogens with one attached hydrogen (secondary N) is 1. The number of hydrogen-bond donors (Lipinski definition) is 1. The van der Waals surface area contributed by atoms with Crippen molar-refractivity contribution in [3.05, 3.63) is 35.4 Å². The summed E-state index contributed by atoms with van der Waals surface area (Å²) in [7, 11) is 0. The fourth-order valence-electron chi connectivity index (χ4n) is 1.09. The third-order valence-electron chi connectivity index (χ3n) is 1.85. The molecule has 0 atom stereocenters. The molecule has 1 rings (SSSR count). The van der Waals surface area contributed by atoms with Crippen LogP contribution in [0, 0.1) is 11.6 Å². The lowest BCUT2D eigenvalue weighted by molar-refractivity contribution is 0.540. The Morgan fingerprint density at radius 2 is 1.93 bits per heavy atom. The Labute approximate surface area is 86.9 Å². The molecule has 78 valence electrons. The van der Waals surface area contributed by atoms with Crippen molar-refractivity contribution in [3.8, 4) is 0 Å². The fourth-order valence-corrected chi connectivity index (χ4v) is 1.44. The van der Waals surface area contributed by atoms with Gasteiger partial charge in [-0.25, -0.2) is 8.78 Å². The van der Waals surface area contributed by atoms with Crippen LogP contribution in [0.5, 0.6) is 0 Å². The molecule has 0 spiro atoms. The van der Waals surface area contributed by atoms with Gasteiger partial charge in [0.1, 0.15) is 11.6 Å². The average molecular weight is 217 g/mol. The van der Waals surface area contributed by atoms with Crippen molar-refractivity contribution < 1.29 is 8.78 Å². The molecule has 0 fully saturated rings. The summed E-state index contributed by atoms with van der Waals surface area (Å²) >= 11 is 1.70. The second-order valence-corrected chi connectivity index (χ2v) is 3.86. The van der Waals surface area contributed by atoms with Crippen molar-refractivity contribution in [1.82, 2.24) is 5.32 Å². The van der Waals surface area contributed by atoms with Gasteiger partial charge in [0.15, 0.2) is 0 Å². The molecule has 14 heavy (non-hydrogen) atoms. The number of halogens is 2. The molecule has 0 radical (unpaired) electrons. The van der Waals surface area contributed by atoms with Crippen LogP contribution in [0.4, 0.5) is 8.78 Å². The Kier molecular flexibility index (Phi) is 4.90. The van der Waals surface area contributed by atoms with Gasteiger partial charge in [0.2, 0.25) is 0 Å². The van der Waals surface area contributed by atoms with Crippen molar-refractivity contribution in [2.45, 2.75) is 6.54 Å². The minimum Gasteiger partial charge on any atom is -0.312 e. The lowest BCUT2D eigenvalue weighted by Crippen LogP contribution is -2.18. The molecule has 0 aliphatic carbocycles. The summed E-state index contributed by atoms with van der Waals surface area (Å²) in [5.41, 5.74) is 0.119. The van der Waals surface area contributed by atoms with Crippen LogP contribution in [-0.4, -0.2) is 18.6 Å². The maximum atomic E-state index is 13.1. The molecule has 0 aliphatic rings. The number of thioether (sulfide) groups is 1. The molecule has 0 heterocycles. The Morgan fingerprint density at radius 3 is 2.50 bits per heavy atom. The van der Waals surface area contributed by atoms with Crippen LogP contribution in [0.2, 0.25) is 0 Å². The molecule has 0 aromatic heterocycles. The summed E-state index contributed by atoms with van der Waals surface area (Å²) in [6.07, 6.45) is 1.99. The molecule has 1 aromatic rings. The summed E-state index contributed by atoms with van der Waals surface area (Å²) in [6, 6.07) is 3.92. The van der Waals surface area contributed by atoms with Crippen molar-refractivity contribution >= 4 is 11.8 Å². The molecule has 0 bridgehead atoms. The lowest BCUT2D eigenvalue weighted by atomic mass is 10.2. The largest absolute Gasteiger partial charge is 0.312 e. The predicted octanol–water partition coefficient (Wildman–Crippen LogP) is 2.42. The number of rotatable bonds is 5. The van der Waals surface area contributed by atoms with Gasteiger partial charge in [0.05, 0.1) is 0 Å². The molecule has 1 N–H and O–H groups in total. The van der Waals surface area contributed by atoms with E-state index in [1.54, 1.807) is 11.8 Å². The smallest absolute Gasteiger partial charge is 0.130 e. The molecular weight excluding hydrogens is 204 g/mol. The van der Waals surface area contributed by atoms with Gasteiger partial charge in [0.25, 0.3) is 0 Å². The van der Waals surface area contributed by atoms with E-state index in [-0.39, 0.29) is 12.1 Å². The fraction of sp³-hybridized carbons (Fsp3) is 0.400. The standard InChI is InChI=1S/C10H13F2NS/c1-14-6-5-13-7-8-9(11)3-2-4-10(8)12/h2-4,13H,5-7H2,1H3. The molecular formula is C10H13F2NS. The summed E-state index contributed by atoms with van der Waals surface area (Å²) < 4.78 is 26.1. The Bertz CT molecular complexity index is 271. The van der Waals surface area contributed by atoms with Gasteiger partial charge >= 0.3 is 0 Å². The van der Waals surface area contributed by atoms with Crippen LogP contribution in [0.1, 0.15) is 5.56 Å². The van der Waals surface area contributed by atoms with Crippen LogP contribution in [0.3, 0.4) is 0 Å². The second-order valence-electron chi connectivity index (χ2n) is 2.87. The molecule has 1 nitrogen and oxygen atoms in total. The van der Waals surface area contributed by atoms with Crippen LogP contribution >= 0.6 is 11.8 Å². The van der Waals surface area contributed by atoms with Gasteiger partial charge in [0, 0.05) is 24.4 Å². The van der Waals surface area contributed by atoms with Crippen molar-refractivity contribution in [1.29, 1.82) is 0 Å². The first-order valence-electron chi connectivity index (χ1n) is 4.38. The quantitative estimate of drug-likeness (QED) is 0.760.